The normalized spacial score (nSPS) is 21.1. The summed E-state index contributed by atoms with van der Waals surface area (Å²) >= 11 is 6.18. The molecule has 0 aromatic heterocycles. The van der Waals surface area contributed by atoms with Crippen LogP contribution in [-0.2, 0) is 27.2 Å². The lowest BCUT2D eigenvalue weighted by molar-refractivity contribution is -0.176. The Morgan fingerprint density at radius 2 is 1.95 bits per heavy atom. The van der Waals surface area contributed by atoms with Gasteiger partial charge in [-0.15, -0.1) is 0 Å². The standard InChI is InChI=1S/C29H36ClFN2O4/c1-2-3-15-32-16-18-36-26-13-5-4-9-22(26)10-6-7-14-29(28(32)35)21-33(17-19-37-29)27(34)20-23-24(30)11-8-12-25(23)31/h4-5,8-9,11-13H,2-3,6-7,10,14-21H2,1H3. The van der Waals surface area contributed by atoms with Crippen LogP contribution in [0, 0.1) is 5.82 Å². The number of ether oxygens (including phenoxy) is 2. The van der Waals surface area contributed by atoms with Crippen molar-refractivity contribution in [1.29, 1.82) is 0 Å². The van der Waals surface area contributed by atoms with Crippen LogP contribution >= 0.6 is 11.6 Å². The fourth-order valence-corrected chi connectivity index (χ4v) is 5.37. The maximum absolute atomic E-state index is 14.4. The molecule has 2 aliphatic heterocycles. The molecule has 1 spiro atoms. The van der Waals surface area contributed by atoms with E-state index in [1.807, 2.05) is 23.1 Å². The van der Waals surface area contributed by atoms with Gasteiger partial charge >= 0.3 is 0 Å². The predicted molar refractivity (Wildman–Crippen MR) is 141 cm³/mol. The minimum atomic E-state index is -1.13. The van der Waals surface area contributed by atoms with E-state index >= 15 is 0 Å². The van der Waals surface area contributed by atoms with Gasteiger partial charge in [0.2, 0.25) is 5.91 Å². The Bertz CT molecular complexity index is 1080. The number of carbonyl (C=O) groups is 2. The van der Waals surface area contributed by atoms with Crippen LogP contribution in [0.2, 0.25) is 5.02 Å². The number of fused-ring (bicyclic) bond motifs is 1. The highest BCUT2D eigenvalue weighted by molar-refractivity contribution is 6.31. The quantitative estimate of drug-likeness (QED) is 0.542. The summed E-state index contributed by atoms with van der Waals surface area (Å²) in [5.41, 5.74) is 0.214. The summed E-state index contributed by atoms with van der Waals surface area (Å²) in [5, 5.41) is 0.226. The van der Waals surface area contributed by atoms with Crippen molar-refractivity contribution in [3.63, 3.8) is 0 Å². The summed E-state index contributed by atoms with van der Waals surface area (Å²) in [7, 11) is 0. The zero-order valence-corrected chi connectivity index (χ0v) is 22.3. The van der Waals surface area contributed by atoms with Crippen molar-refractivity contribution in [1.82, 2.24) is 9.80 Å². The number of hydrogen-bond donors (Lipinski definition) is 0. The molecule has 6 nitrogen and oxygen atoms in total. The van der Waals surface area contributed by atoms with Crippen LogP contribution < -0.4 is 4.74 Å². The third-order valence-corrected chi connectivity index (χ3v) is 7.61. The van der Waals surface area contributed by atoms with Gasteiger partial charge < -0.3 is 19.3 Å². The molecule has 1 atom stereocenters. The van der Waals surface area contributed by atoms with Gasteiger partial charge in [0.15, 0.2) is 5.60 Å². The van der Waals surface area contributed by atoms with Gasteiger partial charge in [-0.3, -0.25) is 9.59 Å². The molecule has 2 aliphatic rings. The van der Waals surface area contributed by atoms with Crippen LogP contribution in [-0.4, -0.2) is 66.6 Å². The second-order valence-corrected chi connectivity index (χ2v) is 10.3. The summed E-state index contributed by atoms with van der Waals surface area (Å²) < 4.78 is 26.7. The summed E-state index contributed by atoms with van der Waals surface area (Å²) in [4.78, 5) is 30.8. The summed E-state index contributed by atoms with van der Waals surface area (Å²) in [6, 6.07) is 12.5. The van der Waals surface area contributed by atoms with E-state index in [1.54, 1.807) is 11.0 Å². The molecule has 200 valence electrons. The van der Waals surface area contributed by atoms with Crippen LogP contribution in [0.5, 0.6) is 5.75 Å². The number of para-hydroxylation sites is 1. The number of morpholine rings is 1. The van der Waals surface area contributed by atoms with E-state index in [9.17, 15) is 14.0 Å². The first-order valence-corrected chi connectivity index (χ1v) is 13.7. The molecule has 2 aromatic rings. The number of halogens is 2. The molecule has 1 fully saturated rings. The Labute approximate surface area is 223 Å². The van der Waals surface area contributed by atoms with Crippen LogP contribution in [0.3, 0.4) is 0 Å². The highest BCUT2D eigenvalue weighted by Crippen LogP contribution is 2.30. The maximum Gasteiger partial charge on any atom is 0.256 e. The highest BCUT2D eigenvalue weighted by atomic mass is 35.5. The van der Waals surface area contributed by atoms with E-state index in [1.165, 1.54) is 12.1 Å². The zero-order chi connectivity index (χ0) is 26.3. The average Bonchev–Trinajstić information content (AvgIpc) is 2.90. The number of nitrogens with zero attached hydrogens (tertiary/aromatic N) is 2. The fourth-order valence-electron chi connectivity index (χ4n) is 5.14. The number of aryl methyl sites for hydroxylation is 1. The second kappa shape index (κ2) is 12.7. The van der Waals surface area contributed by atoms with Crippen LogP contribution in [0.25, 0.3) is 0 Å². The molecule has 0 radical (unpaired) electrons. The van der Waals surface area contributed by atoms with Gasteiger partial charge in [-0.25, -0.2) is 4.39 Å². The molecule has 0 aliphatic carbocycles. The minimum absolute atomic E-state index is 0.0974. The SMILES string of the molecule is CCCCN1CCOc2ccccc2CCCCC2(CN(C(=O)Cc3c(F)cccc3Cl)CCO2)C1=O. The van der Waals surface area contributed by atoms with Crippen molar-refractivity contribution in [2.45, 2.75) is 57.5 Å². The Morgan fingerprint density at radius 3 is 2.76 bits per heavy atom. The Hall–Kier alpha value is -2.64. The first-order chi connectivity index (χ1) is 17.9. The topological polar surface area (TPSA) is 59.1 Å². The first kappa shape index (κ1) is 27.4. The number of unbranched alkanes of at least 4 members (excludes halogenated alkanes) is 1. The van der Waals surface area contributed by atoms with Gasteiger partial charge in [0.05, 0.1) is 26.1 Å². The number of rotatable bonds is 5. The molecule has 0 N–H and O–H groups in total. The smallest absolute Gasteiger partial charge is 0.256 e. The fraction of sp³-hybridized carbons (Fsp3) is 0.517. The number of hydrogen-bond acceptors (Lipinski definition) is 4. The second-order valence-electron chi connectivity index (χ2n) is 9.84. The molecule has 0 saturated carbocycles. The summed E-state index contributed by atoms with van der Waals surface area (Å²) in [6.45, 7) is 4.28. The van der Waals surface area contributed by atoms with Crippen LogP contribution in [0.4, 0.5) is 4.39 Å². The molecule has 0 bridgehead atoms. The molecule has 1 saturated heterocycles. The van der Waals surface area contributed by atoms with Crippen molar-refractivity contribution in [3.8, 4) is 5.75 Å². The third kappa shape index (κ3) is 6.63. The van der Waals surface area contributed by atoms with Crippen LogP contribution in [0.15, 0.2) is 42.5 Å². The van der Waals surface area contributed by atoms with Crippen molar-refractivity contribution >= 4 is 23.4 Å². The molecule has 37 heavy (non-hydrogen) atoms. The molecular weight excluding hydrogens is 495 g/mol. The van der Waals surface area contributed by atoms with Gasteiger partial charge in [0.25, 0.3) is 5.91 Å². The van der Waals surface area contributed by atoms with Crippen molar-refractivity contribution in [2.24, 2.45) is 0 Å². The van der Waals surface area contributed by atoms with Crippen molar-refractivity contribution in [3.05, 3.63) is 64.4 Å². The lowest BCUT2D eigenvalue weighted by Gasteiger charge is -2.44. The van der Waals surface area contributed by atoms with Gasteiger partial charge in [0.1, 0.15) is 18.2 Å². The molecule has 2 heterocycles. The van der Waals surface area contributed by atoms with Gasteiger partial charge in [-0.1, -0.05) is 49.2 Å². The molecule has 1 unspecified atom stereocenters. The van der Waals surface area contributed by atoms with E-state index < -0.39 is 11.4 Å². The monoisotopic (exact) mass is 530 g/mol. The lowest BCUT2D eigenvalue weighted by atomic mass is 9.90. The van der Waals surface area contributed by atoms with E-state index in [2.05, 4.69) is 13.0 Å². The van der Waals surface area contributed by atoms with E-state index in [0.717, 1.165) is 43.4 Å². The summed E-state index contributed by atoms with van der Waals surface area (Å²) in [6.07, 6.45) is 4.66. The van der Waals surface area contributed by atoms with E-state index in [0.29, 0.717) is 32.7 Å². The third-order valence-electron chi connectivity index (χ3n) is 7.25. The van der Waals surface area contributed by atoms with Gasteiger partial charge in [-0.2, -0.15) is 0 Å². The largest absolute Gasteiger partial charge is 0.491 e. The molecular formula is C29H36ClFN2O4. The highest BCUT2D eigenvalue weighted by Gasteiger charge is 2.46. The molecule has 2 amide bonds. The van der Waals surface area contributed by atoms with Gasteiger partial charge in [-0.05, 0) is 55.9 Å². The molecule has 8 heteroatoms. The summed E-state index contributed by atoms with van der Waals surface area (Å²) in [5.74, 6) is 0.0147. The van der Waals surface area contributed by atoms with Gasteiger partial charge in [0, 0.05) is 23.7 Å². The minimum Gasteiger partial charge on any atom is -0.491 e. The number of benzene rings is 2. The predicted octanol–water partition coefficient (Wildman–Crippen LogP) is 5.05. The Kier molecular flexibility index (Phi) is 9.43. The Morgan fingerprint density at radius 1 is 1.11 bits per heavy atom. The first-order valence-electron chi connectivity index (χ1n) is 13.3. The maximum atomic E-state index is 14.4. The number of amides is 2. The van der Waals surface area contributed by atoms with E-state index in [4.69, 9.17) is 21.1 Å². The molecule has 4 rings (SSSR count). The van der Waals surface area contributed by atoms with Crippen molar-refractivity contribution < 1.29 is 23.5 Å². The Balaban J connectivity index is 1.56. The van der Waals surface area contributed by atoms with E-state index in [-0.39, 0.29) is 42.0 Å². The molecule has 2 aromatic carbocycles. The van der Waals surface area contributed by atoms with Crippen molar-refractivity contribution in [2.75, 3.05) is 39.4 Å². The lowest BCUT2D eigenvalue weighted by Crippen LogP contribution is -2.62. The zero-order valence-electron chi connectivity index (χ0n) is 21.5. The average molecular weight is 531 g/mol. The van der Waals surface area contributed by atoms with Crippen LogP contribution in [0.1, 0.15) is 50.2 Å². The number of carbonyl (C=O) groups excluding carboxylic acids is 2.